The van der Waals surface area contributed by atoms with Gasteiger partial charge in [-0.15, -0.1) is 0 Å². The smallest absolute Gasteiger partial charge is 0.253 e. The zero-order valence-corrected chi connectivity index (χ0v) is 9.39. The lowest BCUT2D eigenvalue weighted by Crippen LogP contribution is -2.07. The third kappa shape index (κ3) is 2.37. The molecule has 0 bridgehead atoms. The number of carbonyl (C=O) groups excluding carboxylic acids is 2. The summed E-state index contributed by atoms with van der Waals surface area (Å²) >= 11 is 5.41. The first-order chi connectivity index (χ1) is 8.20. The Morgan fingerprint density at radius 3 is 2.24 bits per heavy atom. The van der Waals surface area contributed by atoms with Crippen LogP contribution in [0.5, 0.6) is 0 Å². The van der Waals surface area contributed by atoms with Gasteiger partial charge in [0.1, 0.15) is 0 Å². The first kappa shape index (κ1) is 11.4. The van der Waals surface area contributed by atoms with Crippen LogP contribution in [0.25, 0.3) is 0 Å². The van der Waals surface area contributed by atoms with Crippen molar-refractivity contribution in [2.24, 2.45) is 0 Å². The molecule has 0 fully saturated rings. The molecule has 0 saturated carbocycles. The van der Waals surface area contributed by atoms with Gasteiger partial charge >= 0.3 is 0 Å². The fourth-order valence-corrected chi connectivity index (χ4v) is 1.57. The highest BCUT2D eigenvalue weighted by atomic mass is 35.5. The molecule has 0 saturated heterocycles. The number of ketones is 1. The Labute approximate surface area is 102 Å². The van der Waals surface area contributed by atoms with Crippen molar-refractivity contribution >= 4 is 22.6 Å². The van der Waals surface area contributed by atoms with E-state index in [4.69, 9.17) is 11.6 Å². The van der Waals surface area contributed by atoms with Crippen molar-refractivity contribution in [3.63, 3.8) is 0 Å². The summed E-state index contributed by atoms with van der Waals surface area (Å²) in [6, 6.07) is 4.55. The first-order valence-corrected chi connectivity index (χ1v) is 5.16. The van der Waals surface area contributed by atoms with Gasteiger partial charge in [0.2, 0.25) is 0 Å². The molecule has 17 heavy (non-hydrogen) atoms. The maximum Gasteiger partial charge on any atom is 0.253 e. The molecular weight excluding hydrogens is 240 g/mol. The number of carbonyl (C=O) groups is 2. The normalized spacial score (nSPS) is 9.94. The molecule has 2 aromatic heterocycles. The molecule has 0 unspecified atom stereocenters. The summed E-state index contributed by atoms with van der Waals surface area (Å²) in [5.41, 5.74) is 0.786. The average molecular weight is 247 g/mol. The van der Waals surface area contributed by atoms with Crippen LogP contribution in [0.1, 0.15) is 26.3 Å². The van der Waals surface area contributed by atoms with Gasteiger partial charge < -0.3 is 0 Å². The monoisotopic (exact) mass is 246 g/mol. The highest BCUT2D eigenvalue weighted by Gasteiger charge is 2.16. The molecule has 4 nitrogen and oxygen atoms in total. The van der Waals surface area contributed by atoms with Crippen molar-refractivity contribution in [3.05, 3.63) is 59.7 Å². The van der Waals surface area contributed by atoms with Crippen LogP contribution in [0, 0.1) is 0 Å². The van der Waals surface area contributed by atoms with E-state index in [0.717, 1.165) is 0 Å². The number of hydrogen-bond donors (Lipinski definition) is 0. The van der Waals surface area contributed by atoms with Gasteiger partial charge in [0.15, 0.2) is 5.78 Å². The molecule has 0 N–H and O–H groups in total. The van der Waals surface area contributed by atoms with Crippen LogP contribution < -0.4 is 0 Å². The van der Waals surface area contributed by atoms with Crippen LogP contribution in [0.4, 0.5) is 0 Å². The van der Waals surface area contributed by atoms with Gasteiger partial charge in [-0.3, -0.25) is 19.6 Å². The molecule has 84 valence electrons. The van der Waals surface area contributed by atoms with Gasteiger partial charge in [0, 0.05) is 35.9 Å². The van der Waals surface area contributed by atoms with E-state index in [9.17, 15) is 9.59 Å². The lowest BCUT2D eigenvalue weighted by Gasteiger charge is -2.03. The predicted octanol–water partition coefficient (Wildman–Crippen LogP) is 2.09. The molecule has 2 aromatic rings. The molecule has 0 amide bonds. The Morgan fingerprint density at radius 1 is 0.941 bits per heavy atom. The van der Waals surface area contributed by atoms with Crippen molar-refractivity contribution in [1.29, 1.82) is 0 Å². The first-order valence-electron chi connectivity index (χ1n) is 4.78. The zero-order chi connectivity index (χ0) is 12.3. The Hall–Kier alpha value is -2.07. The standard InChI is InChI=1S/C12H7ClN2O2/c13-12(17)9-3-6-15-7-10(9)11(16)8-1-4-14-5-2-8/h1-7H. The largest absolute Gasteiger partial charge is 0.289 e. The van der Waals surface area contributed by atoms with Crippen LogP contribution >= 0.6 is 11.6 Å². The Kier molecular flexibility index (Phi) is 3.25. The van der Waals surface area contributed by atoms with Crippen molar-refractivity contribution < 1.29 is 9.59 Å². The van der Waals surface area contributed by atoms with Crippen molar-refractivity contribution in [3.8, 4) is 0 Å². The summed E-state index contributed by atoms with van der Waals surface area (Å²) in [6.45, 7) is 0. The van der Waals surface area contributed by atoms with E-state index in [1.165, 1.54) is 30.9 Å². The number of pyridine rings is 2. The molecule has 2 heterocycles. The lowest BCUT2D eigenvalue weighted by molar-refractivity contribution is 0.102. The number of aromatic nitrogens is 2. The van der Waals surface area contributed by atoms with Gasteiger partial charge in [0.05, 0.1) is 5.56 Å². The Balaban J connectivity index is 2.48. The molecule has 0 aromatic carbocycles. The summed E-state index contributed by atoms with van der Waals surface area (Å²) in [7, 11) is 0. The Morgan fingerprint density at radius 2 is 1.59 bits per heavy atom. The van der Waals surface area contributed by atoms with Gasteiger partial charge in [-0.05, 0) is 29.8 Å². The average Bonchev–Trinajstić information content (AvgIpc) is 2.39. The third-order valence-corrected chi connectivity index (χ3v) is 2.42. The summed E-state index contributed by atoms with van der Waals surface area (Å²) in [5.74, 6) is -0.301. The minimum Gasteiger partial charge on any atom is -0.289 e. The highest BCUT2D eigenvalue weighted by Crippen LogP contribution is 2.14. The summed E-state index contributed by atoms with van der Waals surface area (Å²) in [4.78, 5) is 30.9. The number of rotatable bonds is 3. The predicted molar refractivity (Wildman–Crippen MR) is 62.1 cm³/mol. The maximum absolute atomic E-state index is 12.1. The van der Waals surface area contributed by atoms with Crippen LogP contribution in [0.15, 0.2) is 43.0 Å². The molecule has 5 heteroatoms. The van der Waals surface area contributed by atoms with Crippen LogP contribution in [0.3, 0.4) is 0 Å². The molecule has 0 atom stereocenters. The topological polar surface area (TPSA) is 59.9 Å². The van der Waals surface area contributed by atoms with E-state index in [2.05, 4.69) is 9.97 Å². The number of hydrogen-bond acceptors (Lipinski definition) is 4. The minimum atomic E-state index is -0.676. The SMILES string of the molecule is O=C(Cl)c1ccncc1C(=O)c1ccncc1. The molecule has 0 aliphatic carbocycles. The van der Waals surface area contributed by atoms with Gasteiger partial charge in [-0.1, -0.05) is 0 Å². The third-order valence-electron chi connectivity index (χ3n) is 2.22. The molecule has 2 rings (SSSR count). The van der Waals surface area contributed by atoms with Crippen LogP contribution in [-0.4, -0.2) is 21.0 Å². The van der Waals surface area contributed by atoms with E-state index in [-0.39, 0.29) is 16.9 Å². The number of halogens is 1. The highest BCUT2D eigenvalue weighted by molar-refractivity contribution is 6.68. The van der Waals surface area contributed by atoms with Crippen molar-refractivity contribution in [1.82, 2.24) is 9.97 Å². The molecular formula is C12H7ClN2O2. The Bertz CT molecular complexity index is 570. The second kappa shape index (κ2) is 4.84. The summed E-state index contributed by atoms with van der Waals surface area (Å²) in [5, 5.41) is -0.676. The van der Waals surface area contributed by atoms with E-state index >= 15 is 0 Å². The minimum absolute atomic E-state index is 0.156. The number of nitrogens with zero attached hydrogens (tertiary/aromatic N) is 2. The zero-order valence-electron chi connectivity index (χ0n) is 8.63. The van der Waals surface area contributed by atoms with Crippen LogP contribution in [-0.2, 0) is 0 Å². The lowest BCUT2D eigenvalue weighted by atomic mass is 10.0. The second-order valence-electron chi connectivity index (χ2n) is 3.26. The molecule has 0 aliphatic rings. The molecule has 0 spiro atoms. The van der Waals surface area contributed by atoms with E-state index < -0.39 is 5.24 Å². The van der Waals surface area contributed by atoms with Crippen molar-refractivity contribution in [2.45, 2.75) is 0 Å². The quantitative estimate of drug-likeness (QED) is 0.615. The fraction of sp³-hybridized carbons (Fsp3) is 0. The second-order valence-corrected chi connectivity index (χ2v) is 3.60. The summed E-state index contributed by atoms with van der Waals surface area (Å²) in [6.07, 6.45) is 5.76. The molecule has 0 radical (unpaired) electrons. The van der Waals surface area contributed by atoms with Gasteiger partial charge in [-0.2, -0.15) is 0 Å². The van der Waals surface area contributed by atoms with E-state index in [0.29, 0.717) is 5.56 Å². The van der Waals surface area contributed by atoms with Crippen molar-refractivity contribution in [2.75, 3.05) is 0 Å². The maximum atomic E-state index is 12.1. The van der Waals surface area contributed by atoms with Gasteiger partial charge in [-0.25, -0.2) is 0 Å². The molecule has 0 aliphatic heterocycles. The van der Waals surface area contributed by atoms with E-state index in [1.807, 2.05) is 0 Å². The fourth-order valence-electron chi connectivity index (χ4n) is 1.41. The van der Waals surface area contributed by atoms with Gasteiger partial charge in [0.25, 0.3) is 5.24 Å². The van der Waals surface area contributed by atoms with E-state index in [1.54, 1.807) is 12.1 Å². The summed E-state index contributed by atoms with van der Waals surface area (Å²) < 4.78 is 0. The van der Waals surface area contributed by atoms with Crippen LogP contribution in [0.2, 0.25) is 0 Å².